The molecule has 1 heterocycles. The quantitative estimate of drug-likeness (QED) is 0.251. The molecule has 0 aliphatic heterocycles. The Hall–Kier alpha value is -3.06. The van der Waals surface area contributed by atoms with E-state index in [0.29, 0.717) is 44.8 Å². The largest absolute Gasteiger partial charge is 0.380 e. The average Bonchev–Trinajstić information content (AvgIpc) is 3.71. The number of anilines is 1. The number of fused-ring (bicyclic) bond motifs is 3. The lowest BCUT2D eigenvalue weighted by Crippen LogP contribution is -2.65. The molecule has 0 spiro atoms. The van der Waals surface area contributed by atoms with Gasteiger partial charge in [0.1, 0.15) is 5.67 Å². The van der Waals surface area contributed by atoms with Gasteiger partial charge in [-0.05, 0) is 110 Å². The van der Waals surface area contributed by atoms with Gasteiger partial charge in [0.2, 0.25) is 11.8 Å². The summed E-state index contributed by atoms with van der Waals surface area (Å²) in [4.78, 5) is 21.0. The van der Waals surface area contributed by atoms with E-state index >= 15 is 0 Å². The number of rotatable bonds is 10. The summed E-state index contributed by atoms with van der Waals surface area (Å²) < 4.78 is 25.5. The van der Waals surface area contributed by atoms with Gasteiger partial charge in [-0.1, -0.05) is 41.6 Å². The van der Waals surface area contributed by atoms with Gasteiger partial charge in [0.25, 0.3) is 0 Å². The molecule has 3 aromatic rings. The van der Waals surface area contributed by atoms with Gasteiger partial charge in [0.05, 0.1) is 6.61 Å². The molecular formula is C35H40FN3O3. The number of halogens is 1. The Labute approximate surface area is 247 Å². The molecule has 7 fully saturated rings. The summed E-state index contributed by atoms with van der Waals surface area (Å²) in [5.41, 5.74) is 3.24. The molecule has 0 atom stereocenters. The van der Waals surface area contributed by atoms with Crippen LogP contribution >= 0.6 is 0 Å². The van der Waals surface area contributed by atoms with E-state index in [4.69, 9.17) is 14.2 Å². The fourth-order valence-corrected chi connectivity index (χ4v) is 8.72. The number of methoxy groups -OCH3 is 1. The summed E-state index contributed by atoms with van der Waals surface area (Å²) in [7, 11) is 1.71. The van der Waals surface area contributed by atoms with Crippen LogP contribution in [0.3, 0.4) is 0 Å². The van der Waals surface area contributed by atoms with Crippen LogP contribution in [-0.4, -0.2) is 35.4 Å². The predicted molar refractivity (Wildman–Crippen MR) is 158 cm³/mol. The highest BCUT2D eigenvalue weighted by Crippen LogP contribution is 2.71. The molecule has 2 aromatic carbocycles. The van der Waals surface area contributed by atoms with Crippen molar-refractivity contribution in [3.8, 4) is 11.1 Å². The molecular weight excluding hydrogens is 529 g/mol. The minimum atomic E-state index is -0.997. The Kier molecular flexibility index (Phi) is 5.99. The van der Waals surface area contributed by atoms with Crippen molar-refractivity contribution in [2.24, 2.45) is 10.8 Å². The lowest BCUT2D eigenvalue weighted by Gasteiger charge is -2.66. The number of benzene rings is 2. The Morgan fingerprint density at radius 1 is 0.976 bits per heavy atom. The molecule has 4 bridgehead atoms. The number of hydrogen-bond acceptors (Lipinski definition) is 5. The fourth-order valence-electron chi connectivity index (χ4n) is 8.72. The van der Waals surface area contributed by atoms with Crippen molar-refractivity contribution in [3.63, 3.8) is 0 Å². The van der Waals surface area contributed by atoms with E-state index in [9.17, 15) is 9.18 Å². The zero-order valence-electron chi connectivity index (χ0n) is 24.5. The maximum atomic E-state index is 14.4. The van der Waals surface area contributed by atoms with Crippen molar-refractivity contribution in [1.29, 1.82) is 0 Å². The summed E-state index contributed by atoms with van der Waals surface area (Å²) in [6.07, 6.45) is 10.7. The fraction of sp³-hybridized carbons (Fsp3) is 0.571. The molecule has 0 radical (unpaired) electrons. The van der Waals surface area contributed by atoms with E-state index in [1.54, 1.807) is 7.11 Å². The lowest BCUT2D eigenvalue weighted by atomic mass is 9.41. The van der Waals surface area contributed by atoms with Gasteiger partial charge in [-0.2, -0.15) is 4.98 Å². The predicted octanol–water partition coefficient (Wildman–Crippen LogP) is 7.67. The van der Waals surface area contributed by atoms with Crippen molar-refractivity contribution < 1.29 is 18.4 Å². The SMILES string of the molecule is COCc1ccc(-c2cccc(N(CC34CCC(c5nc(C6CC6)no5)(CC3)CC4)C(=O)CC34CC(F)(C3)C4)c2)cc1. The van der Waals surface area contributed by atoms with Gasteiger partial charge in [0, 0.05) is 37.1 Å². The minimum Gasteiger partial charge on any atom is -0.380 e. The molecule has 220 valence electrons. The van der Waals surface area contributed by atoms with Crippen LogP contribution in [0.2, 0.25) is 0 Å². The molecule has 1 aromatic heterocycles. The van der Waals surface area contributed by atoms with Gasteiger partial charge >= 0.3 is 0 Å². The number of aromatic nitrogens is 2. The first-order valence-electron chi connectivity index (χ1n) is 15.8. The molecule has 10 rings (SSSR count). The van der Waals surface area contributed by atoms with Crippen molar-refractivity contribution in [3.05, 3.63) is 65.8 Å². The smallest absolute Gasteiger partial charge is 0.232 e. The lowest BCUT2D eigenvalue weighted by molar-refractivity contribution is -0.215. The second kappa shape index (κ2) is 9.47. The normalized spacial score (nSPS) is 32.7. The summed E-state index contributed by atoms with van der Waals surface area (Å²) >= 11 is 0. The topological polar surface area (TPSA) is 68.5 Å². The summed E-state index contributed by atoms with van der Waals surface area (Å²) in [5, 5.41) is 4.32. The molecule has 6 nitrogen and oxygen atoms in total. The highest BCUT2D eigenvalue weighted by Gasteiger charge is 2.69. The molecule has 7 saturated carbocycles. The molecule has 7 aliphatic carbocycles. The van der Waals surface area contributed by atoms with Gasteiger partial charge < -0.3 is 14.2 Å². The van der Waals surface area contributed by atoms with E-state index in [1.807, 2.05) is 0 Å². The molecule has 0 saturated heterocycles. The van der Waals surface area contributed by atoms with Crippen LogP contribution < -0.4 is 4.90 Å². The van der Waals surface area contributed by atoms with Crippen molar-refractivity contribution in [2.75, 3.05) is 18.6 Å². The van der Waals surface area contributed by atoms with E-state index < -0.39 is 5.67 Å². The van der Waals surface area contributed by atoms with E-state index in [2.05, 4.69) is 58.6 Å². The van der Waals surface area contributed by atoms with E-state index in [0.717, 1.165) is 72.6 Å². The monoisotopic (exact) mass is 569 g/mol. The molecule has 7 aliphatic rings. The van der Waals surface area contributed by atoms with Crippen molar-refractivity contribution >= 4 is 11.6 Å². The Morgan fingerprint density at radius 3 is 2.33 bits per heavy atom. The minimum absolute atomic E-state index is 0.00704. The third-order valence-corrected chi connectivity index (χ3v) is 11.4. The highest BCUT2D eigenvalue weighted by atomic mass is 19.1. The number of nitrogens with zero attached hydrogens (tertiary/aromatic N) is 3. The second-order valence-corrected chi connectivity index (χ2v) is 14.5. The zero-order valence-corrected chi connectivity index (χ0v) is 24.5. The number of alkyl halides is 1. The van der Waals surface area contributed by atoms with Crippen LogP contribution in [0.5, 0.6) is 0 Å². The maximum Gasteiger partial charge on any atom is 0.232 e. The number of carbonyl (C=O) groups is 1. The van der Waals surface area contributed by atoms with Gasteiger partial charge in [-0.15, -0.1) is 0 Å². The standard InChI is InChI=1S/C35H40FN3O3/c1-41-19-24-5-7-25(8-6-24)27-3-2-4-28(17-27)39(29(40)18-33-20-35(36,21-33)22-33)23-32-11-14-34(15-12-32,16-13-32)31-37-30(38-42-31)26-9-10-26/h2-8,17,26H,9-16,18-23H2,1H3. The van der Waals surface area contributed by atoms with Gasteiger partial charge in [-0.25, -0.2) is 4.39 Å². The number of carbonyl (C=O) groups excluding carboxylic acids is 1. The van der Waals surface area contributed by atoms with Crippen LogP contribution in [-0.2, 0) is 21.6 Å². The van der Waals surface area contributed by atoms with Crippen LogP contribution in [0.4, 0.5) is 10.1 Å². The van der Waals surface area contributed by atoms with E-state index in [-0.39, 0.29) is 22.2 Å². The third kappa shape index (κ3) is 4.50. The third-order valence-electron chi connectivity index (χ3n) is 11.4. The molecule has 1 amide bonds. The van der Waals surface area contributed by atoms with Crippen LogP contribution in [0, 0.1) is 10.8 Å². The average molecular weight is 570 g/mol. The molecule has 42 heavy (non-hydrogen) atoms. The van der Waals surface area contributed by atoms with Crippen LogP contribution in [0.1, 0.15) is 100 Å². The summed E-state index contributed by atoms with van der Waals surface area (Å²) in [6.45, 7) is 1.30. The number of hydrogen-bond donors (Lipinski definition) is 0. The summed E-state index contributed by atoms with van der Waals surface area (Å²) in [5.74, 6) is 2.39. The van der Waals surface area contributed by atoms with Gasteiger partial charge in [-0.3, -0.25) is 4.79 Å². The molecule has 0 N–H and O–H groups in total. The summed E-state index contributed by atoms with van der Waals surface area (Å²) in [6, 6.07) is 16.8. The van der Waals surface area contributed by atoms with Crippen molar-refractivity contribution in [1.82, 2.24) is 10.1 Å². The molecule has 0 unspecified atom stereocenters. The molecule has 7 heteroatoms. The Morgan fingerprint density at radius 2 is 1.69 bits per heavy atom. The van der Waals surface area contributed by atoms with Gasteiger partial charge in [0.15, 0.2) is 5.82 Å². The zero-order chi connectivity index (χ0) is 28.6. The van der Waals surface area contributed by atoms with Crippen LogP contribution in [0.25, 0.3) is 11.1 Å². The van der Waals surface area contributed by atoms with E-state index in [1.165, 1.54) is 12.8 Å². The first-order chi connectivity index (χ1) is 20.3. The maximum absolute atomic E-state index is 14.4. The van der Waals surface area contributed by atoms with Crippen molar-refractivity contribution in [2.45, 2.75) is 101 Å². The first kappa shape index (κ1) is 26.6. The Bertz CT molecular complexity index is 1470. The number of ether oxygens (including phenoxy) is 1. The first-order valence-corrected chi connectivity index (χ1v) is 15.8. The van der Waals surface area contributed by atoms with Crippen LogP contribution in [0.15, 0.2) is 53.1 Å². The number of amides is 1. The second-order valence-electron chi connectivity index (χ2n) is 14.5. The Balaban J connectivity index is 1.04. The highest BCUT2D eigenvalue weighted by molar-refractivity contribution is 5.95.